The topological polar surface area (TPSA) is 101 Å². The number of hydrogen-bond donors (Lipinski definition) is 1. The van der Waals surface area contributed by atoms with E-state index in [2.05, 4.69) is 0 Å². The summed E-state index contributed by atoms with van der Waals surface area (Å²) in [6.45, 7) is 0.939. The van der Waals surface area contributed by atoms with Gasteiger partial charge in [0.2, 0.25) is 0 Å². The second-order valence-corrected chi connectivity index (χ2v) is 10.2. The van der Waals surface area contributed by atoms with Crippen LogP contribution in [0, 0.1) is 11.8 Å². The molecule has 0 amide bonds. The summed E-state index contributed by atoms with van der Waals surface area (Å²) in [5.74, 6) is -2.00. The predicted molar refractivity (Wildman–Crippen MR) is 155 cm³/mol. The zero-order valence-corrected chi connectivity index (χ0v) is 23.2. The third-order valence-corrected chi connectivity index (χ3v) is 8.05. The molecule has 1 heterocycles. The Morgan fingerprint density at radius 2 is 1.24 bits per heavy atom. The van der Waals surface area contributed by atoms with Crippen LogP contribution in [0.25, 0.3) is 11.1 Å². The predicted octanol–water partition coefficient (Wildman–Crippen LogP) is 5.95. The quantitative estimate of drug-likeness (QED) is 0.206. The van der Waals surface area contributed by atoms with Gasteiger partial charge in [-0.15, -0.1) is 0 Å². The van der Waals surface area contributed by atoms with Crippen molar-refractivity contribution < 1.29 is 38.4 Å². The number of esters is 1. The fourth-order valence-electron chi connectivity index (χ4n) is 6.19. The first-order valence-electron chi connectivity index (χ1n) is 13.7. The third kappa shape index (κ3) is 4.79. The van der Waals surface area contributed by atoms with Crippen molar-refractivity contribution in [1.82, 2.24) is 0 Å². The number of carbonyl (C=O) groups is 2. The Kier molecular flexibility index (Phi) is 7.44. The maximum atomic E-state index is 14.2. The highest BCUT2D eigenvalue weighted by Gasteiger charge is 2.60. The number of hydrogen-bond acceptors (Lipinski definition) is 7. The summed E-state index contributed by atoms with van der Waals surface area (Å²) in [6, 6.07) is 27.2. The summed E-state index contributed by atoms with van der Waals surface area (Å²) in [6.07, 6.45) is 0. The standard InChI is InChI=1S/C34H30O8/c1-38-24-12-6-4-10-22(24)29-31(33(35)36)30(23-11-5-7-13-25(23)39-2)32(29)34(37)42-26-14-8-3-9-21(26)20-15-16-27-28(19-20)41-18-17-40-27/h3-16,19,29-32H,17-18H2,1-2H3,(H,35,36)/t29-,30?,31-,32-/m1/s1. The first-order chi connectivity index (χ1) is 20.5. The number of carboxylic acid groups (broad SMARTS) is 1. The first-order valence-corrected chi connectivity index (χ1v) is 13.7. The van der Waals surface area contributed by atoms with E-state index in [1.54, 1.807) is 36.4 Å². The fraction of sp³-hybridized carbons (Fsp3) is 0.235. The van der Waals surface area contributed by atoms with Gasteiger partial charge in [0.05, 0.1) is 26.1 Å². The number of benzene rings is 4. The van der Waals surface area contributed by atoms with E-state index in [1.165, 1.54) is 14.2 Å². The number of aliphatic carboxylic acids is 1. The molecule has 8 nitrogen and oxygen atoms in total. The van der Waals surface area contributed by atoms with Gasteiger partial charge in [-0.3, -0.25) is 9.59 Å². The normalized spacial score (nSPS) is 20.6. The summed E-state index contributed by atoms with van der Waals surface area (Å²) >= 11 is 0. The van der Waals surface area contributed by atoms with E-state index in [0.29, 0.717) is 58.7 Å². The molecule has 1 fully saturated rings. The number of rotatable bonds is 8. The van der Waals surface area contributed by atoms with E-state index >= 15 is 0 Å². The molecule has 1 aliphatic carbocycles. The van der Waals surface area contributed by atoms with E-state index in [0.717, 1.165) is 5.56 Å². The van der Waals surface area contributed by atoms with Crippen molar-refractivity contribution in [2.45, 2.75) is 11.8 Å². The number of fused-ring (bicyclic) bond motifs is 1. The van der Waals surface area contributed by atoms with Crippen molar-refractivity contribution in [3.63, 3.8) is 0 Å². The van der Waals surface area contributed by atoms with Crippen LogP contribution in [0.5, 0.6) is 28.7 Å². The Bertz CT molecular complexity index is 1570. The molecular formula is C34H30O8. The maximum Gasteiger partial charge on any atom is 0.315 e. The van der Waals surface area contributed by atoms with Crippen LogP contribution >= 0.6 is 0 Å². The maximum absolute atomic E-state index is 14.2. The van der Waals surface area contributed by atoms with Gasteiger partial charge in [-0.05, 0) is 47.0 Å². The summed E-state index contributed by atoms with van der Waals surface area (Å²) in [5.41, 5.74) is 2.77. The molecule has 1 unspecified atom stereocenters. The van der Waals surface area contributed by atoms with Crippen LogP contribution in [0.2, 0.25) is 0 Å². The number of methoxy groups -OCH3 is 2. The minimum absolute atomic E-state index is 0.357. The highest BCUT2D eigenvalue weighted by atomic mass is 16.6. The molecule has 214 valence electrons. The molecular weight excluding hydrogens is 536 g/mol. The average molecular weight is 567 g/mol. The molecule has 1 N–H and O–H groups in total. The van der Waals surface area contributed by atoms with Gasteiger partial charge in [0.25, 0.3) is 0 Å². The minimum Gasteiger partial charge on any atom is -0.496 e. The largest absolute Gasteiger partial charge is 0.496 e. The van der Waals surface area contributed by atoms with Crippen molar-refractivity contribution in [2.75, 3.05) is 27.4 Å². The Morgan fingerprint density at radius 1 is 0.690 bits per heavy atom. The number of carboxylic acids is 1. The Balaban J connectivity index is 1.41. The lowest BCUT2D eigenvalue weighted by molar-refractivity contribution is -0.158. The molecule has 0 aromatic heterocycles. The summed E-state index contributed by atoms with van der Waals surface area (Å²) in [7, 11) is 3.06. The summed E-state index contributed by atoms with van der Waals surface area (Å²) < 4.78 is 28.7. The van der Waals surface area contributed by atoms with Gasteiger partial charge in [-0.25, -0.2) is 0 Å². The van der Waals surface area contributed by atoms with Crippen LogP contribution in [0.4, 0.5) is 0 Å². The highest BCUT2D eigenvalue weighted by Crippen LogP contribution is 2.60. The molecule has 8 heteroatoms. The first kappa shape index (κ1) is 27.2. The van der Waals surface area contributed by atoms with E-state index in [-0.39, 0.29) is 0 Å². The fourth-order valence-corrected chi connectivity index (χ4v) is 6.19. The van der Waals surface area contributed by atoms with Gasteiger partial charge in [0.15, 0.2) is 11.5 Å². The smallest absolute Gasteiger partial charge is 0.315 e. The summed E-state index contributed by atoms with van der Waals surface area (Å²) in [4.78, 5) is 27.0. The van der Waals surface area contributed by atoms with Crippen molar-refractivity contribution in [1.29, 1.82) is 0 Å². The van der Waals surface area contributed by atoms with Gasteiger partial charge < -0.3 is 28.8 Å². The molecule has 4 aromatic carbocycles. The van der Waals surface area contributed by atoms with Crippen LogP contribution < -0.4 is 23.7 Å². The van der Waals surface area contributed by atoms with Crippen LogP contribution in [-0.4, -0.2) is 44.5 Å². The van der Waals surface area contributed by atoms with Crippen LogP contribution in [-0.2, 0) is 9.59 Å². The van der Waals surface area contributed by atoms with E-state index in [4.69, 9.17) is 23.7 Å². The lowest BCUT2D eigenvalue weighted by atomic mass is 9.52. The zero-order valence-electron chi connectivity index (χ0n) is 23.2. The van der Waals surface area contributed by atoms with Crippen LogP contribution in [0.1, 0.15) is 23.0 Å². The van der Waals surface area contributed by atoms with Gasteiger partial charge in [-0.1, -0.05) is 60.7 Å². The molecule has 0 spiro atoms. The summed E-state index contributed by atoms with van der Waals surface area (Å²) in [5, 5.41) is 10.4. The molecule has 0 radical (unpaired) electrons. The Morgan fingerprint density at radius 3 is 1.83 bits per heavy atom. The monoisotopic (exact) mass is 566 g/mol. The van der Waals surface area contributed by atoms with Crippen molar-refractivity contribution >= 4 is 11.9 Å². The zero-order chi connectivity index (χ0) is 29.2. The lowest BCUT2D eigenvalue weighted by Crippen LogP contribution is -2.52. The second kappa shape index (κ2) is 11.5. The molecule has 4 atom stereocenters. The SMILES string of the molecule is COc1ccccc1C1[C@H](C(=O)O)[C@@H](c2ccccc2OC)[C@H]1C(=O)Oc1ccccc1-c1ccc2c(c1)OCCO2. The van der Waals surface area contributed by atoms with Gasteiger partial charge in [-0.2, -0.15) is 0 Å². The van der Waals surface area contributed by atoms with Gasteiger partial charge in [0.1, 0.15) is 30.5 Å². The average Bonchev–Trinajstić information content (AvgIpc) is 3.01. The highest BCUT2D eigenvalue weighted by molar-refractivity contribution is 5.87. The van der Waals surface area contributed by atoms with E-state index < -0.39 is 35.6 Å². The molecule has 42 heavy (non-hydrogen) atoms. The molecule has 6 rings (SSSR count). The minimum atomic E-state index is -1.01. The van der Waals surface area contributed by atoms with Crippen molar-refractivity contribution in [3.8, 4) is 39.9 Å². The van der Waals surface area contributed by atoms with Gasteiger partial charge >= 0.3 is 11.9 Å². The molecule has 0 saturated heterocycles. The molecule has 4 aromatic rings. The molecule has 2 aliphatic rings. The molecule has 1 aliphatic heterocycles. The Hall–Kier alpha value is -4.98. The van der Waals surface area contributed by atoms with E-state index in [9.17, 15) is 14.7 Å². The lowest BCUT2D eigenvalue weighted by Gasteiger charge is -2.49. The van der Waals surface area contributed by atoms with E-state index in [1.807, 2.05) is 54.6 Å². The van der Waals surface area contributed by atoms with Crippen LogP contribution in [0.15, 0.2) is 91.0 Å². The second-order valence-electron chi connectivity index (χ2n) is 10.2. The number of para-hydroxylation sites is 3. The number of ether oxygens (including phenoxy) is 5. The third-order valence-electron chi connectivity index (χ3n) is 8.05. The van der Waals surface area contributed by atoms with Crippen LogP contribution in [0.3, 0.4) is 0 Å². The van der Waals surface area contributed by atoms with Gasteiger partial charge in [0, 0.05) is 17.4 Å². The van der Waals surface area contributed by atoms with Crippen molar-refractivity contribution in [2.24, 2.45) is 11.8 Å². The van der Waals surface area contributed by atoms with Crippen molar-refractivity contribution in [3.05, 3.63) is 102 Å². The molecule has 0 bridgehead atoms. The number of carbonyl (C=O) groups excluding carboxylic acids is 1. The Labute approximate surface area is 243 Å². The molecule has 1 saturated carbocycles.